The van der Waals surface area contributed by atoms with Gasteiger partial charge in [0, 0.05) is 10.1 Å². The van der Waals surface area contributed by atoms with E-state index in [1.165, 1.54) is 25.7 Å². The minimum atomic E-state index is -0.147. The zero-order valence-corrected chi connectivity index (χ0v) is 11.2. The van der Waals surface area contributed by atoms with Crippen molar-refractivity contribution in [1.82, 2.24) is 0 Å². The summed E-state index contributed by atoms with van der Waals surface area (Å²) in [4.78, 5) is 12.5. The number of rotatable bonds is 4. The maximum Gasteiger partial charge on any atom is 0.239 e. The molecule has 0 aromatic heterocycles. The second-order valence-corrected chi connectivity index (χ2v) is 5.81. The quantitative estimate of drug-likeness (QED) is 0.840. The predicted octanol–water partition coefficient (Wildman–Crippen LogP) is 3.90. The molecule has 0 unspecified atom stereocenters. The number of nitrogens with one attached hydrogen (secondary N) is 1. The van der Waals surface area contributed by atoms with E-state index >= 15 is 0 Å². The summed E-state index contributed by atoms with van der Waals surface area (Å²) in [6, 6.07) is 7.94. The minimum Gasteiger partial charge on any atom is -0.324 e. The Morgan fingerprint density at radius 3 is 2.76 bits per heavy atom. The lowest BCUT2D eigenvalue weighted by atomic mass is 10.3. The highest BCUT2D eigenvalue weighted by molar-refractivity contribution is 8.00. The molecule has 17 heavy (non-hydrogen) atoms. The largest absolute Gasteiger partial charge is 0.324 e. The highest BCUT2D eigenvalue weighted by Crippen LogP contribution is 2.37. The Bertz CT molecular complexity index is 391. The van der Waals surface area contributed by atoms with Crippen molar-refractivity contribution in [3.8, 4) is 0 Å². The third-order valence-corrected chi connectivity index (χ3v) is 4.54. The standard InChI is InChI=1S/C13H16ClNOS/c14-9-13(16)15-11-7-3-4-8-12(11)17-10-5-1-2-6-10/h3-4,7-8,10H,1-2,5-6,9H2,(H,15,16). The molecule has 1 aliphatic rings. The summed E-state index contributed by atoms with van der Waals surface area (Å²) in [6.45, 7) is 0. The van der Waals surface area contributed by atoms with Crippen molar-refractivity contribution in [2.45, 2.75) is 35.8 Å². The van der Waals surface area contributed by atoms with Gasteiger partial charge in [-0.25, -0.2) is 0 Å². The molecule has 1 saturated carbocycles. The van der Waals surface area contributed by atoms with E-state index in [9.17, 15) is 4.79 Å². The van der Waals surface area contributed by atoms with Crippen LogP contribution in [0.2, 0.25) is 0 Å². The molecule has 0 heterocycles. The molecule has 2 rings (SSSR count). The van der Waals surface area contributed by atoms with Gasteiger partial charge in [0.05, 0.1) is 5.69 Å². The summed E-state index contributed by atoms with van der Waals surface area (Å²) in [5.74, 6) is -0.145. The van der Waals surface area contributed by atoms with E-state index < -0.39 is 0 Å². The van der Waals surface area contributed by atoms with Gasteiger partial charge in [0.25, 0.3) is 0 Å². The average Bonchev–Trinajstić information content (AvgIpc) is 2.84. The molecule has 1 amide bonds. The van der Waals surface area contributed by atoms with Crippen molar-refractivity contribution < 1.29 is 4.79 Å². The molecule has 0 bridgehead atoms. The molecule has 4 heteroatoms. The first-order chi connectivity index (χ1) is 8.29. The molecule has 92 valence electrons. The van der Waals surface area contributed by atoms with Crippen molar-refractivity contribution >= 4 is 35.0 Å². The number of carbonyl (C=O) groups is 1. The highest BCUT2D eigenvalue weighted by Gasteiger charge is 2.17. The van der Waals surface area contributed by atoms with Gasteiger partial charge < -0.3 is 5.32 Å². The Hall–Kier alpha value is -0.670. The van der Waals surface area contributed by atoms with Crippen LogP contribution in [0.1, 0.15) is 25.7 Å². The number of hydrogen-bond acceptors (Lipinski definition) is 2. The second kappa shape index (κ2) is 6.31. The Morgan fingerprint density at radius 1 is 1.35 bits per heavy atom. The maximum atomic E-state index is 11.3. The van der Waals surface area contributed by atoms with Crippen molar-refractivity contribution in [1.29, 1.82) is 0 Å². The molecule has 2 nitrogen and oxygen atoms in total. The van der Waals surface area contributed by atoms with Gasteiger partial charge in [-0.1, -0.05) is 25.0 Å². The van der Waals surface area contributed by atoms with E-state index in [0.717, 1.165) is 10.6 Å². The first-order valence-electron chi connectivity index (χ1n) is 5.91. The molecule has 0 saturated heterocycles. The number of alkyl halides is 1. The summed E-state index contributed by atoms with van der Waals surface area (Å²) in [6.07, 6.45) is 5.21. The van der Waals surface area contributed by atoms with Gasteiger partial charge in [0.1, 0.15) is 5.88 Å². The van der Waals surface area contributed by atoms with Crippen molar-refractivity contribution in [2.75, 3.05) is 11.2 Å². The Kier molecular flexibility index (Phi) is 4.75. The summed E-state index contributed by atoms with van der Waals surface area (Å²) >= 11 is 7.38. The van der Waals surface area contributed by atoms with Crippen LogP contribution in [0.3, 0.4) is 0 Å². The van der Waals surface area contributed by atoms with Crippen molar-refractivity contribution in [3.63, 3.8) is 0 Å². The van der Waals surface area contributed by atoms with E-state index in [0.29, 0.717) is 5.25 Å². The van der Waals surface area contributed by atoms with Gasteiger partial charge in [-0.2, -0.15) is 0 Å². The molecule has 0 spiro atoms. The van der Waals surface area contributed by atoms with E-state index in [2.05, 4.69) is 11.4 Å². The lowest BCUT2D eigenvalue weighted by molar-refractivity contribution is -0.113. The molecule has 0 radical (unpaired) electrons. The Morgan fingerprint density at radius 2 is 2.06 bits per heavy atom. The molecule has 1 aromatic rings. The van der Waals surface area contributed by atoms with Crippen LogP contribution in [0.4, 0.5) is 5.69 Å². The van der Waals surface area contributed by atoms with E-state index in [1.54, 1.807) is 0 Å². The van der Waals surface area contributed by atoms with Gasteiger partial charge in [0.15, 0.2) is 0 Å². The minimum absolute atomic E-state index is 0.00241. The van der Waals surface area contributed by atoms with Crippen LogP contribution in [0, 0.1) is 0 Å². The summed E-state index contributed by atoms with van der Waals surface area (Å²) in [7, 11) is 0. The van der Waals surface area contributed by atoms with Gasteiger partial charge >= 0.3 is 0 Å². The van der Waals surface area contributed by atoms with Crippen LogP contribution in [-0.2, 0) is 4.79 Å². The Labute approximate surface area is 111 Å². The maximum absolute atomic E-state index is 11.3. The first kappa shape index (κ1) is 12.8. The lowest BCUT2D eigenvalue weighted by Gasteiger charge is -2.13. The number of halogens is 1. The smallest absolute Gasteiger partial charge is 0.239 e. The van der Waals surface area contributed by atoms with Crippen LogP contribution < -0.4 is 5.32 Å². The number of hydrogen-bond donors (Lipinski definition) is 1. The van der Waals surface area contributed by atoms with Gasteiger partial charge in [-0.15, -0.1) is 23.4 Å². The molecular weight excluding hydrogens is 254 g/mol. The number of thioether (sulfide) groups is 1. The monoisotopic (exact) mass is 269 g/mol. The average molecular weight is 270 g/mol. The van der Waals surface area contributed by atoms with E-state index in [1.807, 2.05) is 30.0 Å². The fourth-order valence-electron chi connectivity index (χ4n) is 2.04. The van der Waals surface area contributed by atoms with Crippen LogP contribution >= 0.6 is 23.4 Å². The zero-order valence-electron chi connectivity index (χ0n) is 9.62. The van der Waals surface area contributed by atoms with Crippen LogP contribution in [-0.4, -0.2) is 17.0 Å². The van der Waals surface area contributed by atoms with Gasteiger partial charge in [-0.05, 0) is 25.0 Å². The lowest BCUT2D eigenvalue weighted by Crippen LogP contribution is -2.13. The summed E-state index contributed by atoms with van der Waals surface area (Å²) < 4.78 is 0. The third kappa shape index (κ3) is 3.65. The second-order valence-electron chi connectivity index (χ2n) is 4.20. The molecular formula is C13H16ClNOS. The molecule has 1 aromatic carbocycles. The summed E-state index contributed by atoms with van der Waals surface area (Å²) in [5.41, 5.74) is 0.884. The highest BCUT2D eigenvalue weighted by atomic mass is 35.5. The van der Waals surface area contributed by atoms with E-state index in [4.69, 9.17) is 11.6 Å². The SMILES string of the molecule is O=C(CCl)Nc1ccccc1SC1CCCC1. The number of anilines is 1. The van der Waals surface area contributed by atoms with Crippen molar-refractivity contribution in [3.05, 3.63) is 24.3 Å². The van der Waals surface area contributed by atoms with Gasteiger partial charge in [-0.3, -0.25) is 4.79 Å². The van der Waals surface area contributed by atoms with Crippen LogP contribution in [0.15, 0.2) is 29.2 Å². The fourth-order valence-corrected chi connectivity index (χ4v) is 3.44. The van der Waals surface area contributed by atoms with Gasteiger partial charge in [0.2, 0.25) is 5.91 Å². The molecule has 1 aliphatic carbocycles. The Balaban J connectivity index is 2.06. The zero-order chi connectivity index (χ0) is 12.1. The fraction of sp³-hybridized carbons (Fsp3) is 0.462. The molecule has 0 atom stereocenters. The number of carbonyl (C=O) groups excluding carboxylic acids is 1. The van der Waals surface area contributed by atoms with E-state index in [-0.39, 0.29) is 11.8 Å². The first-order valence-corrected chi connectivity index (χ1v) is 7.32. The number of amides is 1. The molecule has 1 N–H and O–H groups in total. The van der Waals surface area contributed by atoms with Crippen LogP contribution in [0.25, 0.3) is 0 Å². The summed E-state index contributed by atoms with van der Waals surface area (Å²) in [5, 5.41) is 3.54. The predicted molar refractivity (Wildman–Crippen MR) is 73.9 cm³/mol. The number of benzene rings is 1. The molecule has 0 aliphatic heterocycles. The normalized spacial score (nSPS) is 16.1. The molecule has 1 fully saturated rings. The topological polar surface area (TPSA) is 29.1 Å². The number of para-hydroxylation sites is 1. The third-order valence-electron chi connectivity index (χ3n) is 2.88. The van der Waals surface area contributed by atoms with Crippen molar-refractivity contribution in [2.24, 2.45) is 0 Å². The van der Waals surface area contributed by atoms with Crippen LogP contribution in [0.5, 0.6) is 0 Å².